The quantitative estimate of drug-likeness (QED) is 0.914. The summed E-state index contributed by atoms with van der Waals surface area (Å²) in [5, 5.41) is 8.21. The number of nitrogens with zero attached hydrogens (tertiary/aromatic N) is 3. The zero-order valence-electron chi connectivity index (χ0n) is 10.4. The molecule has 2 aromatic rings. The second-order valence-corrected chi connectivity index (χ2v) is 4.52. The van der Waals surface area contributed by atoms with Crippen LogP contribution in [-0.2, 0) is 11.3 Å². The molecule has 1 saturated heterocycles. The lowest BCUT2D eigenvalue weighted by Crippen LogP contribution is -2.10. The summed E-state index contributed by atoms with van der Waals surface area (Å²) in [6.07, 6.45) is 1.92. The molecule has 2 heterocycles. The van der Waals surface area contributed by atoms with Gasteiger partial charge in [-0.05, 0) is 37.1 Å². The molecule has 0 spiro atoms. The van der Waals surface area contributed by atoms with E-state index in [1.165, 1.54) is 12.1 Å². The highest BCUT2D eigenvalue weighted by Crippen LogP contribution is 2.31. The molecule has 19 heavy (non-hydrogen) atoms. The van der Waals surface area contributed by atoms with Gasteiger partial charge in [-0.1, -0.05) is 5.21 Å². The molecule has 6 heteroatoms. The van der Waals surface area contributed by atoms with E-state index in [2.05, 4.69) is 10.3 Å². The number of nitrogens with two attached hydrogens (primary N) is 1. The zero-order valence-corrected chi connectivity index (χ0v) is 10.4. The predicted octanol–water partition coefficient (Wildman–Crippen LogP) is 1.72. The minimum Gasteiger partial charge on any atom is -0.372 e. The van der Waals surface area contributed by atoms with E-state index < -0.39 is 0 Å². The van der Waals surface area contributed by atoms with Gasteiger partial charge in [0.15, 0.2) is 0 Å². The van der Waals surface area contributed by atoms with Crippen molar-refractivity contribution in [3.8, 4) is 5.69 Å². The van der Waals surface area contributed by atoms with E-state index in [1.807, 2.05) is 0 Å². The fourth-order valence-electron chi connectivity index (χ4n) is 2.35. The van der Waals surface area contributed by atoms with Gasteiger partial charge >= 0.3 is 0 Å². The minimum absolute atomic E-state index is 0.0291. The average molecular weight is 262 g/mol. The highest BCUT2D eigenvalue weighted by molar-refractivity contribution is 5.34. The van der Waals surface area contributed by atoms with Gasteiger partial charge < -0.3 is 10.5 Å². The molecule has 0 radical (unpaired) electrons. The lowest BCUT2D eigenvalue weighted by Gasteiger charge is -2.13. The monoisotopic (exact) mass is 262 g/mol. The maximum Gasteiger partial charge on any atom is 0.123 e. The molecule has 1 aliphatic heterocycles. The summed E-state index contributed by atoms with van der Waals surface area (Å²) in [4.78, 5) is 0. The molecular formula is C13H15FN4O. The highest BCUT2D eigenvalue weighted by atomic mass is 19.1. The number of halogens is 1. The van der Waals surface area contributed by atoms with Crippen LogP contribution in [0.1, 0.15) is 30.3 Å². The van der Waals surface area contributed by atoms with Gasteiger partial charge in [-0.15, -0.1) is 5.10 Å². The average Bonchev–Trinajstić information content (AvgIpc) is 3.07. The first-order chi connectivity index (χ1) is 9.29. The minimum atomic E-state index is -0.276. The SMILES string of the molecule is NCc1nnn(-c2ccc(F)cc2)c1C1CCCO1. The standard InChI is InChI=1S/C13H15FN4O/c14-9-3-5-10(6-4-9)18-13(11(8-15)16-17-18)12-2-1-7-19-12/h3-6,12H,1-2,7-8,15H2. The zero-order chi connectivity index (χ0) is 13.2. The summed E-state index contributed by atoms with van der Waals surface area (Å²) in [7, 11) is 0. The molecule has 1 aromatic carbocycles. The molecule has 2 N–H and O–H groups in total. The molecule has 3 rings (SSSR count). The van der Waals surface area contributed by atoms with Gasteiger partial charge in [-0.2, -0.15) is 0 Å². The van der Waals surface area contributed by atoms with Crippen LogP contribution in [0.15, 0.2) is 24.3 Å². The number of rotatable bonds is 3. The van der Waals surface area contributed by atoms with Crippen LogP contribution in [0, 0.1) is 5.82 Å². The second kappa shape index (κ2) is 5.07. The van der Waals surface area contributed by atoms with E-state index in [9.17, 15) is 4.39 Å². The van der Waals surface area contributed by atoms with Gasteiger partial charge in [0.1, 0.15) is 17.6 Å². The van der Waals surface area contributed by atoms with Gasteiger partial charge in [-0.25, -0.2) is 9.07 Å². The molecule has 0 amide bonds. The maximum absolute atomic E-state index is 13.0. The van der Waals surface area contributed by atoms with Crippen LogP contribution in [0.5, 0.6) is 0 Å². The Labute approximate surface area is 110 Å². The lowest BCUT2D eigenvalue weighted by atomic mass is 10.1. The van der Waals surface area contributed by atoms with E-state index in [1.54, 1.807) is 16.8 Å². The summed E-state index contributed by atoms with van der Waals surface area (Å²) in [6.45, 7) is 1.06. The normalized spacial score (nSPS) is 18.9. The third-order valence-corrected chi connectivity index (χ3v) is 3.28. The fraction of sp³-hybridized carbons (Fsp3) is 0.385. The van der Waals surface area contributed by atoms with Crippen molar-refractivity contribution in [1.29, 1.82) is 0 Å². The number of hydrogen-bond donors (Lipinski definition) is 1. The number of aromatic nitrogens is 3. The Balaban J connectivity index is 2.05. The molecule has 1 fully saturated rings. The van der Waals surface area contributed by atoms with E-state index in [0.29, 0.717) is 6.54 Å². The van der Waals surface area contributed by atoms with Crippen molar-refractivity contribution in [2.24, 2.45) is 5.73 Å². The first-order valence-corrected chi connectivity index (χ1v) is 6.31. The fourth-order valence-corrected chi connectivity index (χ4v) is 2.35. The molecule has 100 valence electrons. The predicted molar refractivity (Wildman–Crippen MR) is 67.1 cm³/mol. The summed E-state index contributed by atoms with van der Waals surface area (Å²) in [5.74, 6) is -0.276. The third-order valence-electron chi connectivity index (χ3n) is 3.28. The number of benzene rings is 1. The smallest absolute Gasteiger partial charge is 0.123 e. The first kappa shape index (κ1) is 12.3. The molecule has 0 bridgehead atoms. The van der Waals surface area contributed by atoms with Crippen molar-refractivity contribution < 1.29 is 9.13 Å². The Morgan fingerprint density at radius 1 is 1.37 bits per heavy atom. The van der Waals surface area contributed by atoms with E-state index in [4.69, 9.17) is 10.5 Å². The van der Waals surface area contributed by atoms with Gasteiger partial charge in [0.25, 0.3) is 0 Å². The molecule has 0 aliphatic carbocycles. The van der Waals surface area contributed by atoms with Crippen molar-refractivity contribution in [3.63, 3.8) is 0 Å². The van der Waals surface area contributed by atoms with E-state index >= 15 is 0 Å². The van der Waals surface area contributed by atoms with Crippen molar-refractivity contribution >= 4 is 0 Å². The van der Waals surface area contributed by atoms with E-state index in [0.717, 1.165) is 36.5 Å². The Morgan fingerprint density at radius 2 is 2.16 bits per heavy atom. The van der Waals surface area contributed by atoms with E-state index in [-0.39, 0.29) is 11.9 Å². The Kier molecular flexibility index (Phi) is 3.27. The first-order valence-electron chi connectivity index (χ1n) is 6.31. The molecule has 5 nitrogen and oxygen atoms in total. The summed E-state index contributed by atoms with van der Waals surface area (Å²) in [6, 6.07) is 6.14. The van der Waals surface area contributed by atoms with Crippen LogP contribution in [0.25, 0.3) is 5.69 Å². The van der Waals surface area contributed by atoms with Gasteiger partial charge in [0.05, 0.1) is 11.4 Å². The van der Waals surface area contributed by atoms with Gasteiger partial charge in [-0.3, -0.25) is 0 Å². The van der Waals surface area contributed by atoms with Gasteiger partial charge in [0.2, 0.25) is 0 Å². The van der Waals surface area contributed by atoms with Crippen LogP contribution in [-0.4, -0.2) is 21.6 Å². The molecule has 0 saturated carbocycles. The topological polar surface area (TPSA) is 66.0 Å². The Hall–Kier alpha value is -1.79. The van der Waals surface area contributed by atoms with Crippen molar-refractivity contribution in [2.75, 3.05) is 6.61 Å². The Morgan fingerprint density at radius 3 is 2.79 bits per heavy atom. The van der Waals surface area contributed by atoms with Crippen LogP contribution in [0.3, 0.4) is 0 Å². The summed E-state index contributed by atoms with van der Waals surface area (Å²) in [5.41, 5.74) is 8.08. The Bertz CT molecular complexity index is 561. The van der Waals surface area contributed by atoms with Crippen molar-refractivity contribution in [3.05, 3.63) is 41.5 Å². The molecular weight excluding hydrogens is 247 g/mol. The molecule has 1 aromatic heterocycles. The van der Waals surface area contributed by atoms with Crippen LogP contribution >= 0.6 is 0 Å². The highest BCUT2D eigenvalue weighted by Gasteiger charge is 2.26. The summed E-state index contributed by atoms with van der Waals surface area (Å²) < 4.78 is 20.4. The van der Waals surface area contributed by atoms with Crippen LogP contribution in [0.4, 0.5) is 4.39 Å². The molecule has 1 atom stereocenters. The van der Waals surface area contributed by atoms with Crippen LogP contribution in [0.2, 0.25) is 0 Å². The van der Waals surface area contributed by atoms with Crippen molar-refractivity contribution in [2.45, 2.75) is 25.5 Å². The van der Waals surface area contributed by atoms with Crippen LogP contribution < -0.4 is 5.73 Å². The number of hydrogen-bond acceptors (Lipinski definition) is 4. The van der Waals surface area contributed by atoms with Crippen molar-refractivity contribution in [1.82, 2.24) is 15.0 Å². The molecule has 1 unspecified atom stereocenters. The van der Waals surface area contributed by atoms with Gasteiger partial charge in [0, 0.05) is 13.2 Å². The second-order valence-electron chi connectivity index (χ2n) is 4.52. The largest absolute Gasteiger partial charge is 0.372 e. The molecule has 1 aliphatic rings. The third kappa shape index (κ3) is 2.24. The number of ether oxygens (including phenoxy) is 1. The maximum atomic E-state index is 13.0. The summed E-state index contributed by atoms with van der Waals surface area (Å²) >= 11 is 0. The lowest BCUT2D eigenvalue weighted by molar-refractivity contribution is 0.106.